The smallest absolute Gasteiger partial charge is 0.0843 e. The fourth-order valence-corrected chi connectivity index (χ4v) is 4.11. The summed E-state index contributed by atoms with van der Waals surface area (Å²) in [5.41, 5.74) is 2.52. The molecule has 1 aromatic heterocycles. The normalized spacial score (nSPS) is 26.3. The van der Waals surface area contributed by atoms with Crippen LogP contribution < -0.4 is 5.32 Å². The molecule has 1 aromatic carbocycles. The van der Waals surface area contributed by atoms with Crippen LogP contribution in [0.5, 0.6) is 0 Å². The molecule has 3 heterocycles. The summed E-state index contributed by atoms with van der Waals surface area (Å²) < 4.78 is 2.14. The number of aromatic nitrogens is 2. The zero-order valence-corrected chi connectivity index (χ0v) is 12.8. The predicted molar refractivity (Wildman–Crippen MR) is 85.2 cm³/mol. The Balaban J connectivity index is 1.64. The molecule has 112 valence electrons. The Morgan fingerprint density at radius 1 is 1.29 bits per heavy atom. The van der Waals surface area contributed by atoms with Gasteiger partial charge in [-0.15, -0.1) is 0 Å². The minimum Gasteiger partial charge on any atom is -0.315 e. The summed E-state index contributed by atoms with van der Waals surface area (Å²) in [4.78, 5) is 2.66. The highest BCUT2D eigenvalue weighted by molar-refractivity contribution is 5.81. The van der Waals surface area contributed by atoms with Crippen LogP contribution in [0.4, 0.5) is 0 Å². The Labute approximate surface area is 126 Å². The van der Waals surface area contributed by atoms with Crippen LogP contribution in [0.2, 0.25) is 0 Å². The largest absolute Gasteiger partial charge is 0.315 e. The molecule has 2 aliphatic rings. The van der Waals surface area contributed by atoms with Crippen molar-refractivity contribution in [1.29, 1.82) is 0 Å². The zero-order valence-electron chi connectivity index (χ0n) is 12.8. The summed E-state index contributed by atoms with van der Waals surface area (Å²) in [6.45, 7) is 7.67. The molecular weight excluding hydrogens is 260 g/mol. The van der Waals surface area contributed by atoms with Gasteiger partial charge in [-0.2, -0.15) is 5.10 Å². The Morgan fingerprint density at radius 2 is 2.19 bits per heavy atom. The van der Waals surface area contributed by atoms with E-state index in [9.17, 15) is 0 Å². The van der Waals surface area contributed by atoms with Crippen molar-refractivity contribution < 1.29 is 0 Å². The molecule has 4 nitrogen and oxygen atoms in total. The lowest BCUT2D eigenvalue weighted by atomic mass is 9.92. The molecule has 2 saturated heterocycles. The number of hydrogen-bond acceptors (Lipinski definition) is 3. The number of nitrogens with zero attached hydrogens (tertiary/aromatic N) is 3. The average molecular weight is 284 g/mol. The number of para-hydroxylation sites is 1. The fraction of sp³-hybridized carbons (Fsp3) is 0.588. The van der Waals surface area contributed by atoms with Gasteiger partial charge >= 0.3 is 0 Å². The van der Waals surface area contributed by atoms with Crippen LogP contribution in [0.3, 0.4) is 0 Å². The van der Waals surface area contributed by atoms with Crippen LogP contribution in [0.1, 0.15) is 25.5 Å². The molecule has 1 N–H and O–H groups in total. The Morgan fingerprint density at radius 3 is 3.10 bits per heavy atom. The summed E-state index contributed by atoms with van der Waals surface area (Å²) in [5, 5.41) is 9.76. The van der Waals surface area contributed by atoms with Crippen molar-refractivity contribution in [3.8, 4) is 0 Å². The monoisotopic (exact) mass is 284 g/mol. The third kappa shape index (κ3) is 2.27. The van der Waals surface area contributed by atoms with Gasteiger partial charge in [-0.1, -0.05) is 18.2 Å². The van der Waals surface area contributed by atoms with Gasteiger partial charge in [-0.3, -0.25) is 9.58 Å². The van der Waals surface area contributed by atoms with Gasteiger partial charge < -0.3 is 5.32 Å². The second kappa shape index (κ2) is 5.43. The van der Waals surface area contributed by atoms with E-state index in [2.05, 4.69) is 46.1 Å². The van der Waals surface area contributed by atoms with E-state index in [0.29, 0.717) is 6.04 Å². The van der Waals surface area contributed by atoms with Crippen molar-refractivity contribution in [1.82, 2.24) is 20.0 Å². The second-order valence-corrected chi connectivity index (χ2v) is 6.38. The number of rotatable bonds is 3. The molecule has 0 radical (unpaired) electrons. The molecule has 2 unspecified atom stereocenters. The number of nitrogens with one attached hydrogen (secondary N) is 1. The molecule has 0 aliphatic carbocycles. The fourth-order valence-electron chi connectivity index (χ4n) is 4.11. The number of likely N-dealkylation sites (tertiary alicyclic amines) is 1. The Kier molecular flexibility index (Phi) is 3.43. The van der Waals surface area contributed by atoms with Crippen molar-refractivity contribution in [3.63, 3.8) is 0 Å². The maximum atomic E-state index is 4.87. The maximum Gasteiger partial charge on any atom is 0.0843 e. The molecular formula is C17H24N4. The van der Waals surface area contributed by atoms with Crippen LogP contribution in [-0.4, -0.2) is 40.4 Å². The zero-order chi connectivity index (χ0) is 14.2. The van der Waals surface area contributed by atoms with Gasteiger partial charge in [-0.05, 0) is 44.8 Å². The lowest BCUT2D eigenvalue weighted by Gasteiger charge is -2.36. The van der Waals surface area contributed by atoms with E-state index in [1.54, 1.807) is 0 Å². The van der Waals surface area contributed by atoms with Crippen molar-refractivity contribution in [2.45, 2.75) is 38.9 Å². The summed E-state index contributed by atoms with van der Waals surface area (Å²) >= 11 is 0. The van der Waals surface area contributed by atoms with E-state index in [1.807, 2.05) is 0 Å². The first-order valence-corrected chi connectivity index (χ1v) is 8.26. The van der Waals surface area contributed by atoms with Gasteiger partial charge in [0.2, 0.25) is 0 Å². The summed E-state index contributed by atoms with van der Waals surface area (Å²) in [6.07, 6.45) is 2.72. The predicted octanol–water partition coefficient (Wildman–Crippen LogP) is 2.24. The van der Waals surface area contributed by atoms with Gasteiger partial charge in [-0.25, -0.2) is 0 Å². The highest BCUT2D eigenvalue weighted by atomic mass is 15.3. The van der Waals surface area contributed by atoms with Crippen LogP contribution in [-0.2, 0) is 13.1 Å². The van der Waals surface area contributed by atoms with Crippen LogP contribution in [0, 0.1) is 5.92 Å². The lowest BCUT2D eigenvalue weighted by molar-refractivity contribution is 0.116. The first kappa shape index (κ1) is 13.3. The van der Waals surface area contributed by atoms with Crippen molar-refractivity contribution in [3.05, 3.63) is 30.0 Å². The number of benzene rings is 1. The molecule has 21 heavy (non-hydrogen) atoms. The minimum atomic E-state index is 0.712. The topological polar surface area (TPSA) is 33.1 Å². The minimum absolute atomic E-state index is 0.712. The van der Waals surface area contributed by atoms with Crippen LogP contribution in [0.25, 0.3) is 10.9 Å². The molecule has 4 heteroatoms. The van der Waals surface area contributed by atoms with Gasteiger partial charge in [0.15, 0.2) is 0 Å². The first-order chi connectivity index (χ1) is 10.4. The SMILES string of the molecule is CCn1nc(CN2CCCC3CNCC32)c2ccccc21. The molecule has 2 aliphatic heterocycles. The Hall–Kier alpha value is -1.39. The van der Waals surface area contributed by atoms with Crippen molar-refractivity contribution >= 4 is 10.9 Å². The van der Waals surface area contributed by atoms with E-state index in [4.69, 9.17) is 5.10 Å². The molecule has 0 saturated carbocycles. The average Bonchev–Trinajstić information content (AvgIpc) is 3.13. The van der Waals surface area contributed by atoms with Gasteiger partial charge in [0.1, 0.15) is 0 Å². The van der Waals surface area contributed by atoms with E-state index < -0.39 is 0 Å². The summed E-state index contributed by atoms with van der Waals surface area (Å²) in [6, 6.07) is 9.36. The quantitative estimate of drug-likeness (QED) is 0.938. The van der Waals surface area contributed by atoms with E-state index >= 15 is 0 Å². The number of fused-ring (bicyclic) bond motifs is 2. The summed E-state index contributed by atoms with van der Waals surface area (Å²) in [5.74, 6) is 0.846. The summed E-state index contributed by atoms with van der Waals surface area (Å²) in [7, 11) is 0. The lowest BCUT2D eigenvalue weighted by Crippen LogP contribution is -2.44. The van der Waals surface area contributed by atoms with Crippen LogP contribution >= 0.6 is 0 Å². The standard InChI is InChI=1S/C17H24N4/c1-2-21-16-8-4-3-7-14(16)15(19-21)12-20-9-5-6-13-10-18-11-17(13)20/h3-4,7-8,13,17-18H,2,5-6,9-12H2,1H3. The maximum absolute atomic E-state index is 4.87. The molecule has 2 fully saturated rings. The third-order valence-electron chi connectivity index (χ3n) is 5.18. The molecule has 2 atom stereocenters. The van der Waals surface area contributed by atoms with E-state index in [1.165, 1.54) is 42.5 Å². The second-order valence-electron chi connectivity index (χ2n) is 6.38. The molecule has 4 rings (SSSR count). The van der Waals surface area contributed by atoms with E-state index in [-0.39, 0.29) is 0 Å². The van der Waals surface area contributed by atoms with Crippen molar-refractivity contribution in [2.75, 3.05) is 19.6 Å². The number of hydrogen-bond donors (Lipinski definition) is 1. The highest BCUT2D eigenvalue weighted by Gasteiger charge is 2.35. The third-order valence-corrected chi connectivity index (χ3v) is 5.18. The molecule has 0 amide bonds. The molecule has 0 bridgehead atoms. The molecule has 2 aromatic rings. The molecule has 0 spiro atoms. The van der Waals surface area contributed by atoms with E-state index in [0.717, 1.165) is 25.6 Å². The van der Waals surface area contributed by atoms with Crippen LogP contribution in [0.15, 0.2) is 24.3 Å². The first-order valence-electron chi connectivity index (χ1n) is 8.26. The number of piperidine rings is 1. The Bertz CT molecular complexity index is 633. The van der Waals surface area contributed by atoms with Gasteiger partial charge in [0.25, 0.3) is 0 Å². The van der Waals surface area contributed by atoms with Gasteiger partial charge in [0.05, 0.1) is 11.2 Å². The van der Waals surface area contributed by atoms with Crippen molar-refractivity contribution in [2.24, 2.45) is 5.92 Å². The van der Waals surface area contributed by atoms with Gasteiger partial charge in [0, 0.05) is 31.1 Å². The number of aryl methyl sites for hydroxylation is 1. The highest BCUT2D eigenvalue weighted by Crippen LogP contribution is 2.29.